The lowest BCUT2D eigenvalue weighted by atomic mass is 9.94. The third-order valence-electron chi connectivity index (χ3n) is 4.14. The molecule has 0 spiro atoms. The molecule has 2 unspecified atom stereocenters. The zero-order valence-electron chi connectivity index (χ0n) is 11.7. The van der Waals surface area contributed by atoms with Gasteiger partial charge in [0.25, 0.3) is 0 Å². The van der Waals surface area contributed by atoms with Crippen molar-refractivity contribution in [3.8, 4) is 0 Å². The van der Waals surface area contributed by atoms with Crippen LogP contribution in [0.1, 0.15) is 26.7 Å². The van der Waals surface area contributed by atoms with Crippen LogP contribution in [0, 0.1) is 5.92 Å². The minimum absolute atomic E-state index is 0.112. The molecule has 2 atom stereocenters. The van der Waals surface area contributed by atoms with Gasteiger partial charge < -0.3 is 15.2 Å². The molecular formula is C13H28N2O2. The maximum atomic E-state index is 5.88. The fourth-order valence-electron chi connectivity index (χ4n) is 1.88. The van der Waals surface area contributed by atoms with Gasteiger partial charge in [-0.25, -0.2) is 0 Å². The molecule has 1 fully saturated rings. The third kappa shape index (κ3) is 4.21. The Kier molecular flexibility index (Phi) is 5.86. The molecule has 0 bridgehead atoms. The first-order valence-electron chi connectivity index (χ1n) is 6.56. The Bertz CT molecular complexity index is 221. The van der Waals surface area contributed by atoms with Crippen molar-refractivity contribution >= 4 is 0 Å². The van der Waals surface area contributed by atoms with Crippen LogP contribution in [0.15, 0.2) is 0 Å². The summed E-state index contributed by atoms with van der Waals surface area (Å²) in [6.45, 7) is 7.39. The average molecular weight is 244 g/mol. The number of rotatable bonds is 9. The van der Waals surface area contributed by atoms with E-state index in [-0.39, 0.29) is 11.6 Å². The molecule has 102 valence electrons. The van der Waals surface area contributed by atoms with Crippen molar-refractivity contribution in [1.82, 2.24) is 4.90 Å². The summed E-state index contributed by atoms with van der Waals surface area (Å²) in [7, 11) is 3.82. The fourth-order valence-corrected chi connectivity index (χ4v) is 1.88. The highest BCUT2D eigenvalue weighted by Gasteiger charge is 2.34. The maximum absolute atomic E-state index is 5.88. The first kappa shape index (κ1) is 14.9. The van der Waals surface area contributed by atoms with E-state index in [1.54, 1.807) is 7.11 Å². The van der Waals surface area contributed by atoms with E-state index in [0.29, 0.717) is 6.54 Å². The highest BCUT2D eigenvalue weighted by Crippen LogP contribution is 2.28. The second-order valence-electron chi connectivity index (χ2n) is 5.38. The monoisotopic (exact) mass is 244 g/mol. The molecule has 0 aromatic rings. The summed E-state index contributed by atoms with van der Waals surface area (Å²) in [5.41, 5.74) is 5.76. The number of methoxy groups -OCH3 is 1. The Hall–Kier alpha value is -0.160. The van der Waals surface area contributed by atoms with Gasteiger partial charge in [0.2, 0.25) is 0 Å². The van der Waals surface area contributed by atoms with E-state index in [4.69, 9.17) is 15.2 Å². The molecule has 1 aliphatic rings. The Labute approximate surface area is 105 Å². The van der Waals surface area contributed by atoms with Gasteiger partial charge in [0.1, 0.15) is 0 Å². The summed E-state index contributed by atoms with van der Waals surface area (Å²) in [6.07, 6.45) is 2.80. The van der Waals surface area contributed by atoms with Crippen molar-refractivity contribution in [2.45, 2.75) is 38.3 Å². The van der Waals surface area contributed by atoms with E-state index in [1.165, 1.54) is 12.8 Å². The van der Waals surface area contributed by atoms with Crippen LogP contribution in [-0.4, -0.2) is 57.0 Å². The molecule has 0 radical (unpaired) electrons. The van der Waals surface area contributed by atoms with E-state index in [9.17, 15) is 0 Å². The van der Waals surface area contributed by atoms with E-state index in [2.05, 4.69) is 25.8 Å². The van der Waals surface area contributed by atoms with Gasteiger partial charge in [-0.15, -0.1) is 0 Å². The number of nitrogens with two attached hydrogens (primary N) is 1. The summed E-state index contributed by atoms with van der Waals surface area (Å²) in [4.78, 5) is 2.24. The lowest BCUT2D eigenvalue weighted by Crippen LogP contribution is -2.58. The van der Waals surface area contributed by atoms with Crippen LogP contribution in [0.3, 0.4) is 0 Å². The summed E-state index contributed by atoms with van der Waals surface area (Å²) in [5, 5.41) is 0. The molecule has 4 heteroatoms. The topological polar surface area (TPSA) is 47.7 Å². The number of ether oxygens (including phenoxy) is 2. The van der Waals surface area contributed by atoms with Crippen LogP contribution in [0.5, 0.6) is 0 Å². The molecule has 0 saturated heterocycles. The van der Waals surface area contributed by atoms with Gasteiger partial charge in [0, 0.05) is 26.8 Å². The van der Waals surface area contributed by atoms with Crippen molar-refractivity contribution in [3.05, 3.63) is 0 Å². The zero-order chi connectivity index (χ0) is 12.9. The fraction of sp³-hybridized carbons (Fsp3) is 1.00. The number of hydrogen-bond acceptors (Lipinski definition) is 4. The standard InChI is InChI=1S/C13H28N2O2/c1-11(16-4)13(2,10-14)15(3)7-8-17-9-12-5-6-12/h11-12H,5-10,14H2,1-4H3. The summed E-state index contributed by atoms with van der Waals surface area (Å²) in [5.74, 6) is 0.832. The first-order valence-corrected chi connectivity index (χ1v) is 6.56. The van der Waals surface area contributed by atoms with Crippen LogP contribution in [-0.2, 0) is 9.47 Å². The second-order valence-corrected chi connectivity index (χ2v) is 5.38. The molecule has 0 amide bonds. The molecule has 0 heterocycles. The zero-order valence-corrected chi connectivity index (χ0v) is 11.7. The summed E-state index contributed by atoms with van der Waals surface area (Å²) >= 11 is 0. The highest BCUT2D eigenvalue weighted by atomic mass is 16.5. The largest absolute Gasteiger partial charge is 0.380 e. The number of hydrogen-bond donors (Lipinski definition) is 1. The number of nitrogens with zero attached hydrogens (tertiary/aromatic N) is 1. The SMILES string of the molecule is COC(C)C(C)(CN)N(C)CCOCC1CC1. The Morgan fingerprint density at radius 3 is 2.59 bits per heavy atom. The lowest BCUT2D eigenvalue weighted by Gasteiger charge is -2.41. The van der Waals surface area contributed by atoms with Crippen molar-refractivity contribution in [2.75, 3.05) is 40.5 Å². The van der Waals surface area contributed by atoms with Crippen LogP contribution < -0.4 is 5.73 Å². The van der Waals surface area contributed by atoms with Gasteiger partial charge in [-0.2, -0.15) is 0 Å². The molecule has 1 saturated carbocycles. The highest BCUT2D eigenvalue weighted by molar-refractivity contribution is 4.91. The average Bonchev–Trinajstić information content (AvgIpc) is 3.16. The van der Waals surface area contributed by atoms with Gasteiger partial charge in [0.15, 0.2) is 0 Å². The Balaban J connectivity index is 2.28. The van der Waals surface area contributed by atoms with Crippen molar-refractivity contribution in [3.63, 3.8) is 0 Å². The van der Waals surface area contributed by atoms with Crippen LogP contribution in [0.4, 0.5) is 0 Å². The van der Waals surface area contributed by atoms with E-state index < -0.39 is 0 Å². The predicted octanol–water partition coefficient (Wildman–Crippen LogP) is 1.10. The van der Waals surface area contributed by atoms with Gasteiger partial charge >= 0.3 is 0 Å². The Morgan fingerprint density at radius 2 is 2.12 bits per heavy atom. The van der Waals surface area contributed by atoms with Gasteiger partial charge in [-0.3, -0.25) is 4.90 Å². The molecule has 0 aromatic heterocycles. The molecular weight excluding hydrogens is 216 g/mol. The summed E-state index contributed by atoms with van der Waals surface area (Å²) in [6, 6.07) is 0. The van der Waals surface area contributed by atoms with E-state index >= 15 is 0 Å². The van der Waals surface area contributed by atoms with E-state index in [1.807, 2.05) is 0 Å². The van der Waals surface area contributed by atoms with Crippen LogP contribution >= 0.6 is 0 Å². The number of likely N-dealkylation sites (N-methyl/N-ethyl adjacent to an activating group) is 1. The third-order valence-corrected chi connectivity index (χ3v) is 4.14. The minimum Gasteiger partial charge on any atom is -0.380 e. The summed E-state index contributed by atoms with van der Waals surface area (Å²) < 4.78 is 11.1. The van der Waals surface area contributed by atoms with Crippen LogP contribution in [0.2, 0.25) is 0 Å². The predicted molar refractivity (Wildman–Crippen MR) is 70.1 cm³/mol. The van der Waals surface area contributed by atoms with Gasteiger partial charge in [0.05, 0.1) is 18.2 Å². The Morgan fingerprint density at radius 1 is 1.47 bits per heavy atom. The molecule has 0 aromatic carbocycles. The molecule has 4 nitrogen and oxygen atoms in total. The molecule has 2 N–H and O–H groups in total. The first-order chi connectivity index (χ1) is 8.04. The molecule has 0 aliphatic heterocycles. The van der Waals surface area contributed by atoms with Crippen molar-refractivity contribution in [1.29, 1.82) is 0 Å². The van der Waals surface area contributed by atoms with Crippen molar-refractivity contribution < 1.29 is 9.47 Å². The molecule has 17 heavy (non-hydrogen) atoms. The molecule has 1 aliphatic carbocycles. The van der Waals surface area contributed by atoms with E-state index in [0.717, 1.165) is 25.7 Å². The van der Waals surface area contributed by atoms with Gasteiger partial charge in [-0.05, 0) is 39.7 Å². The van der Waals surface area contributed by atoms with Gasteiger partial charge in [-0.1, -0.05) is 0 Å². The van der Waals surface area contributed by atoms with Crippen molar-refractivity contribution in [2.24, 2.45) is 11.7 Å². The second kappa shape index (κ2) is 6.69. The minimum atomic E-state index is -0.127. The smallest absolute Gasteiger partial charge is 0.0736 e. The molecule has 1 rings (SSSR count). The quantitative estimate of drug-likeness (QED) is 0.617. The normalized spacial score (nSPS) is 21.5. The van der Waals surface area contributed by atoms with Crippen LogP contribution in [0.25, 0.3) is 0 Å². The lowest BCUT2D eigenvalue weighted by molar-refractivity contribution is -0.0300. The maximum Gasteiger partial charge on any atom is 0.0736 e.